The van der Waals surface area contributed by atoms with Crippen LogP contribution in [0.1, 0.15) is 58.1 Å². The number of rotatable bonds is 10. The molecule has 1 aromatic rings. The molecule has 3 heteroatoms. The van der Waals surface area contributed by atoms with Gasteiger partial charge in [-0.1, -0.05) is 45.6 Å². The lowest BCUT2D eigenvalue weighted by atomic mass is 9.90. The van der Waals surface area contributed by atoms with Crippen LogP contribution in [0.4, 0.5) is 0 Å². The van der Waals surface area contributed by atoms with Crippen molar-refractivity contribution in [1.29, 1.82) is 0 Å². The van der Waals surface area contributed by atoms with Crippen LogP contribution in [-0.4, -0.2) is 11.0 Å². The third-order valence-corrected chi connectivity index (χ3v) is 3.87. The Morgan fingerprint density at radius 3 is 2.68 bits per heavy atom. The lowest BCUT2D eigenvalue weighted by molar-refractivity contribution is 0.339. The molecule has 1 heterocycles. The highest BCUT2D eigenvalue weighted by atomic mass is 15.2. The maximum Gasteiger partial charge on any atom is 0.0404 e. The van der Waals surface area contributed by atoms with Crippen molar-refractivity contribution in [2.24, 2.45) is 11.8 Å². The lowest BCUT2D eigenvalue weighted by Gasteiger charge is -2.22. The average Bonchev–Trinajstić information content (AvgIpc) is 2.47. The zero-order chi connectivity index (χ0) is 13.9. The first-order chi connectivity index (χ1) is 9.30. The summed E-state index contributed by atoms with van der Waals surface area (Å²) in [7, 11) is 0. The molecule has 0 aliphatic heterocycles. The molecule has 0 amide bonds. The van der Waals surface area contributed by atoms with Gasteiger partial charge in [-0.05, 0) is 37.3 Å². The Balaban J connectivity index is 2.35. The standard InChI is InChI=1S/C16H29N3/c1-3-5-8-14(4-2)13-16(19-17)11-10-15-9-6-7-12-18-15/h6-7,9,12,14,16,19H,3-5,8,10-11,13,17H2,1-2H3. The van der Waals surface area contributed by atoms with Crippen LogP contribution >= 0.6 is 0 Å². The van der Waals surface area contributed by atoms with Crippen molar-refractivity contribution >= 4 is 0 Å². The van der Waals surface area contributed by atoms with E-state index in [2.05, 4.69) is 30.3 Å². The molecule has 0 saturated carbocycles. The lowest BCUT2D eigenvalue weighted by Crippen LogP contribution is -2.37. The molecule has 108 valence electrons. The second-order valence-electron chi connectivity index (χ2n) is 5.38. The van der Waals surface area contributed by atoms with Gasteiger partial charge in [0.05, 0.1) is 0 Å². The number of aromatic nitrogens is 1. The smallest absolute Gasteiger partial charge is 0.0404 e. The molecular formula is C16H29N3. The SMILES string of the molecule is CCCCC(CC)CC(CCc1ccccn1)NN. The van der Waals surface area contributed by atoms with E-state index in [1.54, 1.807) is 0 Å². The molecule has 1 rings (SSSR count). The van der Waals surface area contributed by atoms with E-state index in [1.807, 2.05) is 18.3 Å². The van der Waals surface area contributed by atoms with E-state index < -0.39 is 0 Å². The van der Waals surface area contributed by atoms with E-state index in [-0.39, 0.29) is 0 Å². The second-order valence-corrected chi connectivity index (χ2v) is 5.38. The fraction of sp³-hybridized carbons (Fsp3) is 0.688. The molecule has 0 aromatic carbocycles. The predicted molar refractivity (Wildman–Crippen MR) is 81.6 cm³/mol. The summed E-state index contributed by atoms with van der Waals surface area (Å²) >= 11 is 0. The van der Waals surface area contributed by atoms with Gasteiger partial charge in [0.25, 0.3) is 0 Å². The summed E-state index contributed by atoms with van der Waals surface area (Å²) in [6.45, 7) is 4.54. The van der Waals surface area contributed by atoms with Crippen molar-refractivity contribution in [2.75, 3.05) is 0 Å². The van der Waals surface area contributed by atoms with Gasteiger partial charge in [-0.15, -0.1) is 0 Å². The highest BCUT2D eigenvalue weighted by molar-refractivity contribution is 5.03. The number of hydrazine groups is 1. The summed E-state index contributed by atoms with van der Waals surface area (Å²) in [4.78, 5) is 4.37. The van der Waals surface area contributed by atoms with Crippen LogP contribution in [0.15, 0.2) is 24.4 Å². The monoisotopic (exact) mass is 263 g/mol. The predicted octanol–water partition coefficient (Wildman–Crippen LogP) is 3.45. The molecule has 3 nitrogen and oxygen atoms in total. The number of nitrogens with one attached hydrogen (secondary N) is 1. The van der Waals surface area contributed by atoms with E-state index in [4.69, 9.17) is 5.84 Å². The summed E-state index contributed by atoms with van der Waals surface area (Å²) < 4.78 is 0. The Labute approximate surface area is 118 Å². The third-order valence-electron chi connectivity index (χ3n) is 3.87. The Kier molecular flexibility index (Phi) is 8.43. The van der Waals surface area contributed by atoms with Crippen molar-refractivity contribution < 1.29 is 0 Å². The van der Waals surface area contributed by atoms with Gasteiger partial charge < -0.3 is 0 Å². The van der Waals surface area contributed by atoms with Crippen molar-refractivity contribution in [1.82, 2.24) is 10.4 Å². The first kappa shape index (κ1) is 16.1. The maximum absolute atomic E-state index is 5.70. The van der Waals surface area contributed by atoms with Gasteiger partial charge >= 0.3 is 0 Å². The number of hydrogen-bond acceptors (Lipinski definition) is 3. The molecule has 1 aromatic heterocycles. The van der Waals surface area contributed by atoms with Crippen molar-refractivity contribution in [2.45, 2.75) is 64.8 Å². The minimum atomic E-state index is 0.406. The number of aryl methyl sites for hydroxylation is 1. The average molecular weight is 263 g/mol. The first-order valence-corrected chi connectivity index (χ1v) is 7.66. The van der Waals surface area contributed by atoms with Crippen LogP contribution in [-0.2, 0) is 6.42 Å². The number of nitrogens with zero attached hydrogens (tertiary/aromatic N) is 1. The molecule has 19 heavy (non-hydrogen) atoms. The summed E-state index contributed by atoms with van der Waals surface area (Å²) in [5, 5.41) is 0. The Bertz CT molecular complexity index is 313. The highest BCUT2D eigenvalue weighted by Gasteiger charge is 2.14. The van der Waals surface area contributed by atoms with Crippen molar-refractivity contribution in [3.63, 3.8) is 0 Å². The Morgan fingerprint density at radius 1 is 1.26 bits per heavy atom. The molecule has 2 atom stereocenters. The minimum Gasteiger partial charge on any atom is -0.271 e. The molecule has 0 fully saturated rings. The number of nitrogens with two attached hydrogens (primary N) is 1. The third kappa shape index (κ3) is 6.69. The van der Waals surface area contributed by atoms with Gasteiger partial charge in [0.15, 0.2) is 0 Å². The maximum atomic E-state index is 5.70. The van der Waals surface area contributed by atoms with E-state index in [0.717, 1.165) is 24.5 Å². The highest BCUT2D eigenvalue weighted by Crippen LogP contribution is 2.20. The molecule has 0 radical (unpaired) electrons. The van der Waals surface area contributed by atoms with Crippen LogP contribution in [0, 0.1) is 5.92 Å². The number of hydrogen-bond donors (Lipinski definition) is 2. The van der Waals surface area contributed by atoms with Crippen molar-refractivity contribution in [3.05, 3.63) is 30.1 Å². The summed E-state index contributed by atoms with van der Waals surface area (Å²) in [5.41, 5.74) is 4.14. The van der Waals surface area contributed by atoms with Gasteiger partial charge in [0, 0.05) is 17.9 Å². The first-order valence-electron chi connectivity index (χ1n) is 7.66. The Morgan fingerprint density at radius 2 is 2.11 bits per heavy atom. The van der Waals surface area contributed by atoms with Crippen molar-refractivity contribution in [3.8, 4) is 0 Å². The fourth-order valence-corrected chi connectivity index (χ4v) is 2.52. The van der Waals surface area contributed by atoms with E-state index in [0.29, 0.717) is 6.04 Å². The topological polar surface area (TPSA) is 50.9 Å². The molecule has 0 aliphatic carbocycles. The van der Waals surface area contributed by atoms with Gasteiger partial charge in [0.1, 0.15) is 0 Å². The normalized spacial score (nSPS) is 14.3. The second kappa shape index (κ2) is 9.93. The van der Waals surface area contributed by atoms with Gasteiger partial charge in [-0.2, -0.15) is 0 Å². The van der Waals surface area contributed by atoms with Gasteiger partial charge in [-0.3, -0.25) is 16.3 Å². The summed E-state index contributed by atoms with van der Waals surface area (Å²) in [6, 6.07) is 6.49. The molecule has 2 unspecified atom stereocenters. The van der Waals surface area contributed by atoms with Crippen LogP contribution in [0.25, 0.3) is 0 Å². The fourth-order valence-electron chi connectivity index (χ4n) is 2.52. The quantitative estimate of drug-likeness (QED) is 0.502. The van der Waals surface area contributed by atoms with Gasteiger partial charge in [-0.25, -0.2) is 0 Å². The van der Waals surface area contributed by atoms with Crippen LogP contribution in [0.2, 0.25) is 0 Å². The van der Waals surface area contributed by atoms with Crippen LogP contribution < -0.4 is 11.3 Å². The zero-order valence-corrected chi connectivity index (χ0v) is 12.4. The minimum absolute atomic E-state index is 0.406. The number of unbranched alkanes of at least 4 members (excludes halogenated alkanes) is 1. The summed E-state index contributed by atoms with van der Waals surface area (Å²) in [6.07, 6.45) is 10.3. The van der Waals surface area contributed by atoms with Crippen LogP contribution in [0.5, 0.6) is 0 Å². The van der Waals surface area contributed by atoms with E-state index in [1.165, 1.54) is 32.1 Å². The molecule has 0 spiro atoms. The number of pyridine rings is 1. The van der Waals surface area contributed by atoms with E-state index >= 15 is 0 Å². The van der Waals surface area contributed by atoms with E-state index in [9.17, 15) is 0 Å². The zero-order valence-electron chi connectivity index (χ0n) is 12.4. The van der Waals surface area contributed by atoms with Crippen LogP contribution in [0.3, 0.4) is 0 Å². The molecule has 3 N–H and O–H groups in total. The Hall–Kier alpha value is -0.930. The van der Waals surface area contributed by atoms with Gasteiger partial charge in [0.2, 0.25) is 0 Å². The molecule has 0 aliphatic rings. The molecule has 0 saturated heterocycles. The molecule has 0 bridgehead atoms. The largest absolute Gasteiger partial charge is 0.271 e. The molecular weight excluding hydrogens is 234 g/mol. The summed E-state index contributed by atoms with van der Waals surface area (Å²) in [5.74, 6) is 6.49.